The maximum absolute atomic E-state index is 12.0. The molecule has 1 amide bonds. The van der Waals surface area contributed by atoms with Gasteiger partial charge in [0.15, 0.2) is 0 Å². The Bertz CT molecular complexity index is 748. The average Bonchev–Trinajstić information content (AvgIpc) is 3.03. The lowest BCUT2D eigenvalue weighted by Crippen LogP contribution is -2.52. The molecule has 0 spiro atoms. The second-order valence-corrected chi connectivity index (χ2v) is 6.06. The number of rotatable bonds is 3. The summed E-state index contributed by atoms with van der Waals surface area (Å²) in [4.78, 5) is 27.7. The highest BCUT2D eigenvalue weighted by molar-refractivity contribution is 5.87. The van der Waals surface area contributed by atoms with Gasteiger partial charge in [-0.1, -0.05) is 6.92 Å². The van der Waals surface area contributed by atoms with Crippen molar-refractivity contribution in [1.82, 2.24) is 19.9 Å². The summed E-state index contributed by atoms with van der Waals surface area (Å²) in [6, 6.07) is 4.07. The molecule has 7 nitrogen and oxygen atoms in total. The SMILES string of the molecule is CC1CCN(C(=O)CC#N)C[C@H]1N(C)c1ncnc2[nH]ccc12. The molecule has 2 aromatic rings. The summed E-state index contributed by atoms with van der Waals surface area (Å²) in [6.07, 6.45) is 4.27. The van der Waals surface area contributed by atoms with Crippen LogP contribution in [0.3, 0.4) is 0 Å². The normalized spacial score (nSPS) is 21.2. The van der Waals surface area contributed by atoms with E-state index < -0.39 is 0 Å². The predicted molar refractivity (Wildman–Crippen MR) is 86.7 cm³/mol. The van der Waals surface area contributed by atoms with Gasteiger partial charge < -0.3 is 14.8 Å². The summed E-state index contributed by atoms with van der Waals surface area (Å²) in [5.74, 6) is 1.21. The quantitative estimate of drug-likeness (QED) is 0.928. The largest absolute Gasteiger partial charge is 0.354 e. The first-order valence-corrected chi connectivity index (χ1v) is 7.77. The molecule has 23 heavy (non-hydrogen) atoms. The third kappa shape index (κ3) is 2.84. The van der Waals surface area contributed by atoms with Crippen LogP contribution in [-0.4, -0.2) is 51.9 Å². The fourth-order valence-corrected chi connectivity index (χ4v) is 3.26. The van der Waals surface area contributed by atoms with Gasteiger partial charge in [-0.2, -0.15) is 5.26 Å². The van der Waals surface area contributed by atoms with E-state index in [1.165, 1.54) is 0 Å². The number of likely N-dealkylation sites (N-methyl/N-ethyl adjacent to an activating group) is 1. The molecule has 0 bridgehead atoms. The van der Waals surface area contributed by atoms with E-state index in [0.29, 0.717) is 12.5 Å². The van der Waals surface area contributed by atoms with Gasteiger partial charge in [-0.25, -0.2) is 9.97 Å². The fourth-order valence-electron chi connectivity index (χ4n) is 3.26. The molecule has 0 saturated carbocycles. The Labute approximate surface area is 134 Å². The van der Waals surface area contributed by atoms with Crippen LogP contribution in [0, 0.1) is 17.2 Å². The molecule has 3 heterocycles. The van der Waals surface area contributed by atoms with Crippen LogP contribution in [0.4, 0.5) is 5.82 Å². The van der Waals surface area contributed by atoms with E-state index >= 15 is 0 Å². The lowest BCUT2D eigenvalue weighted by atomic mass is 9.92. The molecule has 1 saturated heterocycles. The second-order valence-electron chi connectivity index (χ2n) is 6.06. The molecule has 1 fully saturated rings. The van der Waals surface area contributed by atoms with E-state index in [1.54, 1.807) is 11.2 Å². The maximum Gasteiger partial charge on any atom is 0.236 e. The van der Waals surface area contributed by atoms with Gasteiger partial charge in [0.2, 0.25) is 5.91 Å². The van der Waals surface area contributed by atoms with Crippen molar-refractivity contribution in [2.45, 2.75) is 25.8 Å². The van der Waals surface area contributed by atoms with Crippen molar-refractivity contribution < 1.29 is 4.79 Å². The van der Waals surface area contributed by atoms with Crippen LogP contribution in [0.5, 0.6) is 0 Å². The number of nitrogens with one attached hydrogen (secondary N) is 1. The third-order valence-electron chi connectivity index (χ3n) is 4.67. The number of H-pyrrole nitrogens is 1. The Morgan fingerprint density at radius 3 is 3.17 bits per heavy atom. The summed E-state index contributed by atoms with van der Waals surface area (Å²) in [6.45, 7) is 3.53. The number of fused-ring (bicyclic) bond motifs is 1. The molecule has 1 aliphatic heterocycles. The third-order valence-corrected chi connectivity index (χ3v) is 4.67. The number of likely N-dealkylation sites (tertiary alicyclic amines) is 1. The van der Waals surface area contributed by atoms with Gasteiger partial charge in [0, 0.05) is 26.3 Å². The topological polar surface area (TPSA) is 88.9 Å². The van der Waals surface area contributed by atoms with Gasteiger partial charge in [0.25, 0.3) is 0 Å². The zero-order valence-electron chi connectivity index (χ0n) is 13.4. The van der Waals surface area contributed by atoms with Crippen LogP contribution >= 0.6 is 0 Å². The first-order chi connectivity index (χ1) is 11.1. The van der Waals surface area contributed by atoms with Crippen molar-refractivity contribution >= 4 is 22.8 Å². The zero-order valence-corrected chi connectivity index (χ0v) is 13.4. The van der Waals surface area contributed by atoms with Crippen molar-refractivity contribution in [1.29, 1.82) is 5.26 Å². The molecule has 1 N–H and O–H groups in total. The number of hydrogen-bond acceptors (Lipinski definition) is 5. The highest BCUT2D eigenvalue weighted by Gasteiger charge is 2.32. The summed E-state index contributed by atoms with van der Waals surface area (Å²) in [5, 5.41) is 9.71. The van der Waals surface area contributed by atoms with Gasteiger partial charge in [-0.15, -0.1) is 0 Å². The summed E-state index contributed by atoms with van der Waals surface area (Å²) in [7, 11) is 2.01. The Balaban J connectivity index is 1.85. The molecular weight excluding hydrogens is 292 g/mol. The summed E-state index contributed by atoms with van der Waals surface area (Å²) < 4.78 is 0. The molecule has 0 aromatic carbocycles. The monoisotopic (exact) mass is 312 g/mol. The van der Waals surface area contributed by atoms with Crippen LogP contribution in [-0.2, 0) is 4.79 Å². The predicted octanol–water partition coefficient (Wildman–Crippen LogP) is 1.54. The van der Waals surface area contributed by atoms with Crippen LogP contribution in [0.1, 0.15) is 19.8 Å². The minimum Gasteiger partial charge on any atom is -0.354 e. The molecule has 2 atom stereocenters. The van der Waals surface area contributed by atoms with Crippen molar-refractivity contribution in [3.8, 4) is 6.07 Å². The highest BCUT2D eigenvalue weighted by atomic mass is 16.2. The zero-order chi connectivity index (χ0) is 16.4. The Morgan fingerprint density at radius 1 is 1.57 bits per heavy atom. The molecule has 1 unspecified atom stereocenters. The number of aromatic nitrogens is 3. The minimum atomic E-state index is -0.0905. The van der Waals surface area contributed by atoms with Crippen molar-refractivity contribution in [2.75, 3.05) is 25.0 Å². The standard InChI is InChI=1S/C16H20N6O/c1-11-5-8-22(14(23)3-6-17)9-13(11)21(2)16-12-4-7-18-15(12)19-10-20-16/h4,7,10-11,13H,3,5,8-9H2,1-2H3,(H,18,19,20)/t11?,13-/m1/s1. The summed E-state index contributed by atoms with van der Waals surface area (Å²) in [5.41, 5.74) is 0.808. The molecule has 0 aliphatic carbocycles. The Morgan fingerprint density at radius 2 is 2.39 bits per heavy atom. The van der Waals surface area contributed by atoms with Gasteiger partial charge in [0.1, 0.15) is 24.2 Å². The van der Waals surface area contributed by atoms with Gasteiger partial charge in [-0.3, -0.25) is 4.79 Å². The number of aromatic amines is 1. The van der Waals surface area contributed by atoms with E-state index in [4.69, 9.17) is 5.26 Å². The van der Waals surface area contributed by atoms with Crippen molar-refractivity contribution in [2.24, 2.45) is 5.92 Å². The second kappa shape index (κ2) is 6.24. The molecule has 2 aromatic heterocycles. The first-order valence-electron chi connectivity index (χ1n) is 7.77. The number of anilines is 1. The van der Waals surface area contributed by atoms with Crippen LogP contribution in [0.15, 0.2) is 18.6 Å². The van der Waals surface area contributed by atoms with Crippen molar-refractivity contribution in [3.05, 3.63) is 18.6 Å². The van der Waals surface area contributed by atoms with Crippen molar-refractivity contribution in [3.63, 3.8) is 0 Å². The number of piperidine rings is 1. The number of carbonyl (C=O) groups excluding carboxylic acids is 1. The van der Waals surface area contributed by atoms with Crippen LogP contribution in [0.2, 0.25) is 0 Å². The first kappa shape index (κ1) is 15.3. The smallest absolute Gasteiger partial charge is 0.236 e. The fraction of sp³-hybridized carbons (Fsp3) is 0.500. The van der Waals surface area contributed by atoms with Crippen LogP contribution < -0.4 is 4.90 Å². The maximum atomic E-state index is 12.0. The average molecular weight is 312 g/mol. The van der Waals surface area contributed by atoms with Crippen LogP contribution in [0.25, 0.3) is 11.0 Å². The number of nitriles is 1. The summed E-state index contributed by atoms with van der Waals surface area (Å²) >= 11 is 0. The molecule has 120 valence electrons. The Hall–Kier alpha value is -2.62. The van der Waals surface area contributed by atoms with E-state index in [9.17, 15) is 4.79 Å². The number of carbonyl (C=O) groups is 1. The van der Waals surface area contributed by atoms with E-state index in [0.717, 1.165) is 29.8 Å². The van der Waals surface area contributed by atoms with Gasteiger partial charge in [-0.05, 0) is 18.4 Å². The Kier molecular flexibility index (Phi) is 4.15. The minimum absolute atomic E-state index is 0.0552. The number of hydrogen-bond donors (Lipinski definition) is 1. The molecule has 3 rings (SSSR count). The number of amides is 1. The molecule has 1 aliphatic rings. The van der Waals surface area contributed by atoms with E-state index in [1.807, 2.05) is 25.4 Å². The molecule has 7 heteroatoms. The molecular formula is C16H20N6O. The number of nitrogens with zero attached hydrogens (tertiary/aromatic N) is 5. The van der Waals surface area contributed by atoms with E-state index in [2.05, 4.69) is 26.8 Å². The van der Waals surface area contributed by atoms with Gasteiger partial charge >= 0.3 is 0 Å². The highest BCUT2D eigenvalue weighted by Crippen LogP contribution is 2.28. The van der Waals surface area contributed by atoms with Gasteiger partial charge in [0.05, 0.1) is 17.5 Å². The lowest BCUT2D eigenvalue weighted by Gasteiger charge is -2.42. The molecule has 0 radical (unpaired) electrons. The van der Waals surface area contributed by atoms with E-state index in [-0.39, 0.29) is 18.4 Å². The lowest BCUT2D eigenvalue weighted by molar-refractivity contribution is -0.131.